The molecule has 0 aromatic heterocycles. The highest BCUT2D eigenvalue weighted by Crippen LogP contribution is 2.55. The Morgan fingerprint density at radius 3 is 1.88 bits per heavy atom. The van der Waals surface area contributed by atoms with Crippen LogP contribution in [0.3, 0.4) is 0 Å². The molecule has 25 heavy (non-hydrogen) atoms. The van der Waals surface area contributed by atoms with E-state index in [-0.39, 0.29) is 0 Å². The number of fused-ring (bicyclic) bond motifs is 1. The van der Waals surface area contributed by atoms with E-state index in [0.29, 0.717) is 17.8 Å². The molecule has 0 radical (unpaired) electrons. The molecule has 3 aliphatic rings. The second kappa shape index (κ2) is 6.16. The predicted octanol–water partition coefficient (Wildman–Crippen LogP) is 5.07. The summed E-state index contributed by atoms with van der Waals surface area (Å²) in [4.78, 5) is 0. The normalized spacial score (nSPS) is 23.1. The van der Waals surface area contributed by atoms with Crippen molar-refractivity contribution in [3.8, 4) is 0 Å². The second-order valence-corrected chi connectivity index (χ2v) is 7.40. The molecule has 6 rings (SSSR count). The van der Waals surface area contributed by atoms with Crippen molar-refractivity contribution in [3.05, 3.63) is 107 Å². The molecule has 1 nitrogen and oxygen atoms in total. The molecule has 0 amide bonds. The van der Waals surface area contributed by atoms with Gasteiger partial charge in [-0.05, 0) is 46.7 Å². The van der Waals surface area contributed by atoms with Gasteiger partial charge in [-0.25, -0.2) is 0 Å². The molecule has 0 fully saturated rings. The van der Waals surface area contributed by atoms with Gasteiger partial charge in [0, 0.05) is 18.4 Å². The molecule has 3 aliphatic carbocycles. The van der Waals surface area contributed by atoms with Gasteiger partial charge in [-0.1, -0.05) is 78.9 Å². The van der Waals surface area contributed by atoms with Crippen LogP contribution in [-0.4, -0.2) is 6.54 Å². The molecular formula is C24H23N. The lowest BCUT2D eigenvalue weighted by molar-refractivity contribution is 0.339. The summed E-state index contributed by atoms with van der Waals surface area (Å²) in [7, 11) is 0. The summed E-state index contributed by atoms with van der Waals surface area (Å²) in [6.07, 6.45) is 1.26. The van der Waals surface area contributed by atoms with E-state index in [1.165, 1.54) is 12.0 Å². The molecule has 2 bridgehead atoms. The minimum atomic E-state index is 0.542. The lowest BCUT2D eigenvalue weighted by atomic mass is 9.59. The standard InChI is InChI=1S/C24H23N/c1-2-8-17(9-3-1)15-25-16-18-14-23-19-10-4-6-12-21(19)24(18)22-13-7-5-11-20(22)23/h1-13,18,23-25H,14-16H2/t18-,23?,24?/m0/s1. The fraction of sp³-hybridized carbons (Fsp3) is 0.250. The van der Waals surface area contributed by atoms with E-state index >= 15 is 0 Å². The molecule has 3 aromatic rings. The monoisotopic (exact) mass is 325 g/mol. The molecule has 0 aliphatic heterocycles. The summed E-state index contributed by atoms with van der Waals surface area (Å²) in [5.41, 5.74) is 7.60. The van der Waals surface area contributed by atoms with Crippen LogP contribution >= 0.6 is 0 Å². The minimum absolute atomic E-state index is 0.542. The SMILES string of the molecule is c1ccc(CNC[C@@H]2CC3c4ccccc4C2c2ccccc23)cc1. The average molecular weight is 325 g/mol. The average Bonchev–Trinajstić information content (AvgIpc) is 2.69. The van der Waals surface area contributed by atoms with Crippen LogP contribution in [0, 0.1) is 5.92 Å². The van der Waals surface area contributed by atoms with Crippen molar-refractivity contribution in [2.75, 3.05) is 6.54 Å². The highest BCUT2D eigenvalue weighted by Gasteiger charge is 2.42. The molecule has 0 heterocycles. The van der Waals surface area contributed by atoms with E-state index in [4.69, 9.17) is 0 Å². The van der Waals surface area contributed by atoms with Crippen molar-refractivity contribution in [3.63, 3.8) is 0 Å². The summed E-state index contributed by atoms with van der Waals surface area (Å²) in [6.45, 7) is 2.04. The van der Waals surface area contributed by atoms with Crippen LogP contribution in [0.25, 0.3) is 0 Å². The Morgan fingerprint density at radius 2 is 1.24 bits per heavy atom. The van der Waals surface area contributed by atoms with Gasteiger partial charge in [-0.3, -0.25) is 0 Å². The molecule has 0 saturated heterocycles. The van der Waals surface area contributed by atoms with Crippen LogP contribution < -0.4 is 5.32 Å². The zero-order valence-electron chi connectivity index (χ0n) is 14.4. The highest BCUT2D eigenvalue weighted by atomic mass is 14.9. The van der Waals surface area contributed by atoms with Crippen molar-refractivity contribution in [2.45, 2.75) is 24.8 Å². The van der Waals surface area contributed by atoms with Gasteiger partial charge in [0.25, 0.3) is 0 Å². The molecule has 1 heteroatoms. The number of nitrogens with one attached hydrogen (secondary N) is 1. The van der Waals surface area contributed by atoms with E-state index in [2.05, 4.69) is 84.2 Å². The van der Waals surface area contributed by atoms with Crippen LogP contribution in [0.1, 0.15) is 46.1 Å². The lowest BCUT2D eigenvalue weighted by Gasteiger charge is -2.45. The maximum atomic E-state index is 3.72. The van der Waals surface area contributed by atoms with Gasteiger partial charge in [0.2, 0.25) is 0 Å². The Morgan fingerprint density at radius 1 is 0.680 bits per heavy atom. The fourth-order valence-electron chi connectivity index (χ4n) is 4.96. The van der Waals surface area contributed by atoms with E-state index < -0.39 is 0 Å². The van der Waals surface area contributed by atoms with E-state index in [1.807, 2.05) is 0 Å². The molecule has 1 atom stereocenters. The molecular weight excluding hydrogens is 302 g/mol. The van der Waals surface area contributed by atoms with E-state index in [0.717, 1.165) is 13.1 Å². The van der Waals surface area contributed by atoms with Crippen LogP contribution in [0.4, 0.5) is 0 Å². The Balaban J connectivity index is 1.42. The van der Waals surface area contributed by atoms with Gasteiger partial charge >= 0.3 is 0 Å². The van der Waals surface area contributed by atoms with E-state index in [1.54, 1.807) is 22.3 Å². The number of benzene rings is 3. The van der Waals surface area contributed by atoms with Crippen molar-refractivity contribution >= 4 is 0 Å². The zero-order chi connectivity index (χ0) is 16.6. The van der Waals surface area contributed by atoms with Crippen molar-refractivity contribution in [1.82, 2.24) is 5.32 Å². The topological polar surface area (TPSA) is 12.0 Å². The first-order valence-electron chi connectivity index (χ1n) is 9.34. The van der Waals surface area contributed by atoms with E-state index in [9.17, 15) is 0 Å². The summed E-state index contributed by atoms with van der Waals surface area (Å²) in [6, 6.07) is 28.9. The Bertz CT molecular complexity index is 836. The van der Waals surface area contributed by atoms with Crippen LogP contribution in [0.15, 0.2) is 78.9 Å². The van der Waals surface area contributed by atoms with Crippen molar-refractivity contribution < 1.29 is 0 Å². The molecule has 124 valence electrons. The second-order valence-electron chi connectivity index (χ2n) is 7.40. The third kappa shape index (κ3) is 2.51. The first-order valence-corrected chi connectivity index (χ1v) is 9.34. The summed E-state index contributed by atoms with van der Waals surface area (Å²) < 4.78 is 0. The molecule has 0 saturated carbocycles. The fourth-order valence-corrected chi connectivity index (χ4v) is 4.96. The minimum Gasteiger partial charge on any atom is -0.312 e. The van der Waals surface area contributed by atoms with Gasteiger partial charge in [-0.15, -0.1) is 0 Å². The lowest BCUT2D eigenvalue weighted by Crippen LogP contribution is -2.37. The van der Waals surface area contributed by atoms with Gasteiger partial charge in [0.05, 0.1) is 0 Å². The molecule has 0 unspecified atom stereocenters. The first kappa shape index (κ1) is 14.9. The van der Waals surface area contributed by atoms with Gasteiger partial charge in [0.15, 0.2) is 0 Å². The highest BCUT2D eigenvalue weighted by molar-refractivity contribution is 5.55. The van der Waals surface area contributed by atoms with Gasteiger partial charge in [-0.2, -0.15) is 0 Å². The summed E-state index contributed by atoms with van der Waals surface area (Å²) >= 11 is 0. The quantitative estimate of drug-likeness (QED) is 0.706. The predicted molar refractivity (Wildman–Crippen MR) is 103 cm³/mol. The largest absolute Gasteiger partial charge is 0.312 e. The van der Waals surface area contributed by atoms with Crippen LogP contribution in [-0.2, 0) is 6.54 Å². The third-order valence-electron chi connectivity index (χ3n) is 6.00. The van der Waals surface area contributed by atoms with Crippen molar-refractivity contribution in [2.24, 2.45) is 5.92 Å². The first-order chi connectivity index (χ1) is 12.4. The van der Waals surface area contributed by atoms with Crippen LogP contribution in [0.2, 0.25) is 0 Å². The zero-order valence-corrected chi connectivity index (χ0v) is 14.4. The Hall–Kier alpha value is -2.38. The molecule has 1 N–H and O–H groups in total. The summed E-state index contributed by atoms with van der Waals surface area (Å²) in [5, 5.41) is 3.72. The maximum Gasteiger partial charge on any atom is 0.0205 e. The number of hydrogen-bond donors (Lipinski definition) is 1. The maximum absolute atomic E-state index is 3.72. The van der Waals surface area contributed by atoms with Crippen molar-refractivity contribution in [1.29, 1.82) is 0 Å². The number of rotatable bonds is 4. The van der Waals surface area contributed by atoms with Gasteiger partial charge in [0.1, 0.15) is 0 Å². The smallest absolute Gasteiger partial charge is 0.0205 e. The molecule has 3 aromatic carbocycles. The molecule has 0 spiro atoms. The summed E-state index contributed by atoms with van der Waals surface area (Å²) in [5.74, 6) is 1.79. The Kier molecular flexibility index (Phi) is 3.68. The van der Waals surface area contributed by atoms with Gasteiger partial charge < -0.3 is 5.32 Å². The third-order valence-corrected chi connectivity index (χ3v) is 6.00. The van der Waals surface area contributed by atoms with Crippen LogP contribution in [0.5, 0.6) is 0 Å². The number of hydrogen-bond acceptors (Lipinski definition) is 1. The Labute approximate surface area is 149 Å².